The second kappa shape index (κ2) is 8.69. The van der Waals surface area contributed by atoms with Gasteiger partial charge < -0.3 is 9.32 Å². The standard InChI is InChI=1S/C35H25NO/c1-24-11-10-18-33-34(24)31-23-32(29-16-8-9-17-30(29)35(31)37-33)36(27-14-6-3-7-15-27)28-21-19-26(20-22-28)25-12-4-2-5-13-25/h2-23H,1H3. The summed E-state index contributed by atoms with van der Waals surface area (Å²) in [6, 6.07) is 47.1. The van der Waals surface area contributed by atoms with Crippen molar-refractivity contribution in [2.45, 2.75) is 6.92 Å². The summed E-state index contributed by atoms with van der Waals surface area (Å²) in [4.78, 5) is 2.35. The van der Waals surface area contributed by atoms with Crippen LogP contribution in [0.15, 0.2) is 138 Å². The zero-order valence-corrected chi connectivity index (χ0v) is 20.6. The topological polar surface area (TPSA) is 16.4 Å². The molecule has 0 unspecified atom stereocenters. The lowest BCUT2D eigenvalue weighted by Gasteiger charge is -2.27. The summed E-state index contributed by atoms with van der Waals surface area (Å²) in [6.07, 6.45) is 0. The summed E-state index contributed by atoms with van der Waals surface area (Å²) >= 11 is 0. The van der Waals surface area contributed by atoms with Crippen LogP contribution in [0.1, 0.15) is 5.56 Å². The molecule has 0 bridgehead atoms. The van der Waals surface area contributed by atoms with Gasteiger partial charge in [-0.3, -0.25) is 0 Å². The van der Waals surface area contributed by atoms with Crippen molar-refractivity contribution in [3.05, 3.63) is 139 Å². The molecule has 2 heteroatoms. The van der Waals surface area contributed by atoms with Crippen LogP contribution in [0.5, 0.6) is 0 Å². The lowest BCUT2D eigenvalue weighted by Crippen LogP contribution is -2.10. The third kappa shape index (κ3) is 3.57. The number of hydrogen-bond acceptors (Lipinski definition) is 2. The number of anilines is 3. The van der Waals surface area contributed by atoms with E-state index in [1.807, 2.05) is 0 Å². The van der Waals surface area contributed by atoms with Crippen LogP contribution in [0.2, 0.25) is 0 Å². The van der Waals surface area contributed by atoms with Gasteiger partial charge in [-0.25, -0.2) is 0 Å². The average Bonchev–Trinajstić information content (AvgIpc) is 3.35. The molecule has 2 nitrogen and oxygen atoms in total. The van der Waals surface area contributed by atoms with Gasteiger partial charge in [0.1, 0.15) is 11.2 Å². The predicted molar refractivity (Wildman–Crippen MR) is 156 cm³/mol. The Balaban J connectivity index is 1.51. The first kappa shape index (κ1) is 21.5. The maximum absolute atomic E-state index is 6.44. The number of aryl methyl sites for hydroxylation is 1. The van der Waals surface area contributed by atoms with Gasteiger partial charge in [-0.05, 0) is 60.0 Å². The molecule has 0 atom stereocenters. The highest BCUT2D eigenvalue weighted by Gasteiger charge is 2.20. The van der Waals surface area contributed by atoms with Crippen LogP contribution in [0, 0.1) is 6.92 Å². The molecule has 7 rings (SSSR count). The van der Waals surface area contributed by atoms with E-state index in [2.05, 4.69) is 145 Å². The lowest BCUT2D eigenvalue weighted by molar-refractivity contribution is 0.672. The van der Waals surface area contributed by atoms with Gasteiger partial charge in [-0.15, -0.1) is 0 Å². The SMILES string of the molecule is Cc1cccc2oc3c4ccccc4c(N(c4ccccc4)c4ccc(-c5ccccc5)cc4)cc3c12. The average molecular weight is 476 g/mol. The second-order valence-electron chi connectivity index (χ2n) is 9.45. The Labute approximate surface area is 216 Å². The van der Waals surface area contributed by atoms with Crippen LogP contribution >= 0.6 is 0 Å². The van der Waals surface area contributed by atoms with Crippen molar-refractivity contribution in [3.63, 3.8) is 0 Å². The zero-order valence-electron chi connectivity index (χ0n) is 20.6. The molecule has 0 spiro atoms. The number of nitrogens with zero attached hydrogens (tertiary/aromatic N) is 1. The van der Waals surface area contributed by atoms with Gasteiger partial charge in [0.05, 0.1) is 5.69 Å². The minimum atomic E-state index is 0.927. The van der Waals surface area contributed by atoms with Crippen LogP contribution in [0.4, 0.5) is 17.1 Å². The van der Waals surface area contributed by atoms with Gasteiger partial charge in [0.25, 0.3) is 0 Å². The van der Waals surface area contributed by atoms with Crippen LogP contribution in [-0.2, 0) is 0 Å². The third-order valence-electron chi connectivity index (χ3n) is 7.18. The summed E-state index contributed by atoms with van der Waals surface area (Å²) in [5, 5.41) is 4.59. The summed E-state index contributed by atoms with van der Waals surface area (Å²) < 4.78 is 6.44. The van der Waals surface area contributed by atoms with Crippen molar-refractivity contribution in [1.29, 1.82) is 0 Å². The number of fused-ring (bicyclic) bond motifs is 5. The van der Waals surface area contributed by atoms with E-state index in [-0.39, 0.29) is 0 Å². The van der Waals surface area contributed by atoms with E-state index >= 15 is 0 Å². The highest BCUT2D eigenvalue weighted by molar-refractivity contribution is 6.20. The molecule has 0 aliphatic rings. The maximum atomic E-state index is 6.44. The summed E-state index contributed by atoms with van der Waals surface area (Å²) in [7, 11) is 0. The van der Waals surface area contributed by atoms with Crippen molar-refractivity contribution in [3.8, 4) is 11.1 Å². The van der Waals surface area contributed by atoms with Gasteiger partial charge in [-0.2, -0.15) is 0 Å². The van der Waals surface area contributed by atoms with E-state index in [0.29, 0.717) is 0 Å². The number of furan rings is 1. The Morgan fingerprint density at radius 3 is 1.89 bits per heavy atom. The van der Waals surface area contributed by atoms with E-state index in [1.165, 1.54) is 22.1 Å². The van der Waals surface area contributed by atoms with Gasteiger partial charge in [0, 0.05) is 32.9 Å². The van der Waals surface area contributed by atoms with Gasteiger partial charge >= 0.3 is 0 Å². The molecular weight excluding hydrogens is 450 g/mol. The Hall–Kier alpha value is -4.82. The van der Waals surface area contributed by atoms with Crippen molar-refractivity contribution in [2.24, 2.45) is 0 Å². The van der Waals surface area contributed by atoms with Gasteiger partial charge in [0.2, 0.25) is 0 Å². The first-order valence-corrected chi connectivity index (χ1v) is 12.6. The molecule has 0 saturated carbocycles. The van der Waals surface area contributed by atoms with Crippen LogP contribution in [0.25, 0.3) is 43.8 Å². The molecular formula is C35H25NO. The van der Waals surface area contributed by atoms with Gasteiger partial charge in [0.15, 0.2) is 0 Å². The smallest absolute Gasteiger partial charge is 0.143 e. The Morgan fingerprint density at radius 1 is 0.514 bits per heavy atom. The van der Waals surface area contributed by atoms with Crippen LogP contribution < -0.4 is 4.90 Å². The number of benzene rings is 6. The third-order valence-corrected chi connectivity index (χ3v) is 7.18. The normalized spacial score (nSPS) is 11.4. The molecule has 0 aliphatic heterocycles. The molecule has 0 radical (unpaired) electrons. The molecule has 0 amide bonds. The number of rotatable bonds is 4. The highest BCUT2D eigenvalue weighted by atomic mass is 16.3. The molecule has 0 N–H and O–H groups in total. The second-order valence-corrected chi connectivity index (χ2v) is 9.45. The molecule has 37 heavy (non-hydrogen) atoms. The summed E-state index contributed by atoms with van der Waals surface area (Å²) in [5.74, 6) is 0. The molecule has 6 aromatic carbocycles. The number of hydrogen-bond donors (Lipinski definition) is 0. The van der Waals surface area contributed by atoms with Crippen LogP contribution in [0.3, 0.4) is 0 Å². The predicted octanol–water partition coefficient (Wildman–Crippen LogP) is 10.2. The van der Waals surface area contributed by atoms with E-state index in [0.717, 1.165) is 44.4 Å². The largest absolute Gasteiger partial charge is 0.455 e. The fourth-order valence-corrected chi connectivity index (χ4v) is 5.43. The quantitative estimate of drug-likeness (QED) is 0.252. The fraction of sp³-hybridized carbons (Fsp3) is 0.0286. The molecule has 0 saturated heterocycles. The molecule has 0 aliphatic carbocycles. The Bertz CT molecular complexity index is 1870. The van der Waals surface area contributed by atoms with E-state index in [9.17, 15) is 0 Å². The van der Waals surface area contributed by atoms with E-state index < -0.39 is 0 Å². The first-order valence-electron chi connectivity index (χ1n) is 12.6. The lowest BCUT2D eigenvalue weighted by atomic mass is 10.00. The molecule has 7 aromatic rings. The van der Waals surface area contributed by atoms with Crippen molar-refractivity contribution in [2.75, 3.05) is 4.90 Å². The van der Waals surface area contributed by atoms with Crippen LogP contribution in [-0.4, -0.2) is 0 Å². The zero-order chi connectivity index (χ0) is 24.8. The molecule has 1 heterocycles. The molecule has 176 valence electrons. The Morgan fingerprint density at radius 2 is 1.14 bits per heavy atom. The van der Waals surface area contributed by atoms with Crippen molar-refractivity contribution in [1.82, 2.24) is 0 Å². The summed E-state index contributed by atoms with van der Waals surface area (Å²) in [5.41, 5.74) is 8.86. The minimum absolute atomic E-state index is 0.927. The first-order chi connectivity index (χ1) is 18.3. The van der Waals surface area contributed by atoms with Gasteiger partial charge in [-0.1, -0.05) is 97.1 Å². The van der Waals surface area contributed by atoms with Crippen molar-refractivity contribution < 1.29 is 4.42 Å². The monoisotopic (exact) mass is 475 g/mol. The highest BCUT2D eigenvalue weighted by Crippen LogP contribution is 2.45. The molecule has 0 fully saturated rings. The van der Waals surface area contributed by atoms with E-state index in [1.54, 1.807) is 0 Å². The number of para-hydroxylation sites is 1. The summed E-state index contributed by atoms with van der Waals surface area (Å²) in [6.45, 7) is 2.16. The Kier molecular flexibility index (Phi) is 5.04. The van der Waals surface area contributed by atoms with E-state index in [4.69, 9.17) is 4.42 Å². The molecule has 1 aromatic heterocycles. The fourth-order valence-electron chi connectivity index (χ4n) is 5.43. The maximum Gasteiger partial charge on any atom is 0.143 e. The van der Waals surface area contributed by atoms with Crippen molar-refractivity contribution >= 4 is 49.8 Å². The minimum Gasteiger partial charge on any atom is -0.455 e.